The number of carbonyl (C=O) groups excluding carboxylic acids is 3. The summed E-state index contributed by atoms with van der Waals surface area (Å²) in [4.78, 5) is 45.5. The Bertz CT molecular complexity index is 1050. The fourth-order valence-electron chi connectivity index (χ4n) is 4.03. The van der Waals surface area contributed by atoms with E-state index in [-0.39, 0.29) is 50.6 Å². The molecule has 4 amide bonds. The summed E-state index contributed by atoms with van der Waals surface area (Å²) in [6, 6.07) is 13.5. The van der Waals surface area contributed by atoms with Crippen LogP contribution in [0.25, 0.3) is 0 Å². The molecule has 9 nitrogen and oxygen atoms in total. The highest BCUT2D eigenvalue weighted by Crippen LogP contribution is 2.23. The monoisotopic (exact) mass is 452 g/mol. The van der Waals surface area contributed by atoms with Crippen molar-refractivity contribution in [3.05, 3.63) is 78.4 Å². The van der Waals surface area contributed by atoms with E-state index in [0.717, 1.165) is 5.56 Å². The maximum atomic E-state index is 13.5. The lowest BCUT2D eigenvalue weighted by atomic mass is 10.2. The van der Waals surface area contributed by atoms with E-state index in [9.17, 15) is 18.8 Å². The van der Waals surface area contributed by atoms with Gasteiger partial charge in [0, 0.05) is 13.1 Å². The Labute approximate surface area is 191 Å². The van der Waals surface area contributed by atoms with Crippen LogP contribution in [0, 0.1) is 5.95 Å². The molecule has 2 saturated heterocycles. The van der Waals surface area contributed by atoms with Gasteiger partial charge < -0.3 is 15.1 Å². The predicted molar refractivity (Wildman–Crippen MR) is 117 cm³/mol. The van der Waals surface area contributed by atoms with Gasteiger partial charge in [0.15, 0.2) is 0 Å². The summed E-state index contributed by atoms with van der Waals surface area (Å²) in [5.41, 5.74) is 1.32. The number of halogens is 1. The van der Waals surface area contributed by atoms with Gasteiger partial charge in [0.05, 0.1) is 25.3 Å². The fraction of sp³-hybridized carbons (Fsp3) is 0.304. The molecule has 10 heteroatoms. The summed E-state index contributed by atoms with van der Waals surface area (Å²) >= 11 is 0. The number of nitrogens with zero attached hydrogens (tertiary/aromatic N) is 5. The average molecular weight is 452 g/mol. The largest absolute Gasteiger partial charge is 0.334 e. The molecule has 2 fully saturated rings. The first-order valence-corrected chi connectivity index (χ1v) is 10.6. The quantitative estimate of drug-likeness (QED) is 0.528. The molecule has 1 aromatic heterocycles. The molecule has 2 aromatic rings. The second kappa shape index (κ2) is 9.78. The van der Waals surface area contributed by atoms with Crippen molar-refractivity contribution in [1.29, 1.82) is 0 Å². The molecule has 0 saturated carbocycles. The van der Waals surface area contributed by atoms with Crippen molar-refractivity contribution in [2.75, 3.05) is 26.2 Å². The van der Waals surface area contributed by atoms with Crippen LogP contribution >= 0.6 is 0 Å². The molecular weight excluding hydrogens is 427 g/mol. The summed E-state index contributed by atoms with van der Waals surface area (Å²) in [6.07, 6.45) is 0.913. The van der Waals surface area contributed by atoms with Gasteiger partial charge in [0.1, 0.15) is 12.7 Å². The third-order valence-electron chi connectivity index (χ3n) is 5.59. The number of carbonyl (C=O) groups is 3. The van der Waals surface area contributed by atoms with Gasteiger partial charge in [0.25, 0.3) is 0 Å². The van der Waals surface area contributed by atoms with Gasteiger partial charge >= 0.3 is 6.03 Å². The van der Waals surface area contributed by atoms with E-state index in [2.05, 4.69) is 16.9 Å². The van der Waals surface area contributed by atoms with Crippen LogP contribution in [0.2, 0.25) is 0 Å². The number of hydrogen-bond donors (Lipinski definition) is 1. The van der Waals surface area contributed by atoms with Gasteiger partial charge in [-0.25, -0.2) is 19.8 Å². The maximum absolute atomic E-state index is 13.5. The van der Waals surface area contributed by atoms with Gasteiger partial charge in [0.2, 0.25) is 17.8 Å². The first-order chi connectivity index (χ1) is 16.0. The number of rotatable bonds is 6. The molecule has 3 heterocycles. The summed E-state index contributed by atoms with van der Waals surface area (Å²) in [7, 11) is 0. The first kappa shape index (κ1) is 22.4. The molecule has 0 unspecified atom stereocenters. The highest BCUT2D eigenvalue weighted by atomic mass is 19.1. The highest BCUT2D eigenvalue weighted by molar-refractivity contribution is 5.89. The van der Waals surface area contributed by atoms with Crippen LogP contribution in [-0.2, 0) is 22.7 Å². The number of hydrazine groups is 1. The smallest absolute Gasteiger partial charge is 0.333 e. The minimum atomic E-state index is -0.701. The number of pyridine rings is 1. The lowest BCUT2D eigenvalue weighted by molar-refractivity contribution is -0.180. The summed E-state index contributed by atoms with van der Waals surface area (Å²) < 4.78 is 13.5. The number of urea groups is 1. The molecule has 2 aliphatic heterocycles. The third-order valence-corrected chi connectivity index (χ3v) is 5.59. The van der Waals surface area contributed by atoms with Crippen LogP contribution in [0.3, 0.4) is 0 Å². The van der Waals surface area contributed by atoms with Crippen LogP contribution in [0.15, 0.2) is 61.2 Å². The number of aromatic nitrogens is 1. The van der Waals surface area contributed by atoms with Gasteiger partial charge in [-0.1, -0.05) is 42.5 Å². The molecular formula is C23H25FN6O3. The summed E-state index contributed by atoms with van der Waals surface area (Å²) in [5.74, 6) is -1.16. The van der Waals surface area contributed by atoms with Gasteiger partial charge in [-0.15, -0.1) is 6.58 Å². The molecule has 0 radical (unpaired) electrons. The molecule has 1 N–H and O–H groups in total. The summed E-state index contributed by atoms with van der Waals surface area (Å²) in [6.45, 7) is 4.28. The van der Waals surface area contributed by atoms with Gasteiger partial charge in [-0.05, 0) is 17.7 Å². The van der Waals surface area contributed by atoms with Gasteiger partial charge in [-0.2, -0.15) is 4.39 Å². The lowest BCUT2D eigenvalue weighted by Gasteiger charge is -2.52. The highest BCUT2D eigenvalue weighted by Gasteiger charge is 2.46. The zero-order valence-corrected chi connectivity index (χ0v) is 18.1. The summed E-state index contributed by atoms with van der Waals surface area (Å²) in [5, 5.41) is 5.99. The lowest BCUT2D eigenvalue weighted by Crippen LogP contribution is -2.73. The van der Waals surface area contributed by atoms with E-state index in [1.807, 2.05) is 30.3 Å². The SMILES string of the molecule is C=CCN1CC(=O)N2CC(=O)N(Cc3cccc(F)n3)C[C@@H]2N1C(=O)NCc1ccccc1. The van der Waals surface area contributed by atoms with E-state index in [1.165, 1.54) is 26.9 Å². The maximum Gasteiger partial charge on any atom is 0.334 e. The van der Waals surface area contributed by atoms with Crippen molar-refractivity contribution >= 4 is 17.8 Å². The Balaban J connectivity index is 1.55. The van der Waals surface area contributed by atoms with E-state index in [1.54, 1.807) is 17.2 Å². The normalized spacial score (nSPS) is 18.8. The molecule has 4 rings (SSSR count). The number of hydrogen-bond acceptors (Lipinski definition) is 5. The third kappa shape index (κ3) is 5.01. The van der Waals surface area contributed by atoms with E-state index in [4.69, 9.17) is 0 Å². The van der Waals surface area contributed by atoms with E-state index in [0.29, 0.717) is 12.2 Å². The van der Waals surface area contributed by atoms with Crippen molar-refractivity contribution in [1.82, 2.24) is 30.1 Å². The minimum Gasteiger partial charge on any atom is -0.333 e. The van der Waals surface area contributed by atoms with Crippen LogP contribution < -0.4 is 5.32 Å². The van der Waals surface area contributed by atoms with Crippen molar-refractivity contribution in [3.8, 4) is 0 Å². The Morgan fingerprint density at radius 1 is 1.12 bits per heavy atom. The Hall–Kier alpha value is -3.79. The molecule has 0 bridgehead atoms. The molecule has 33 heavy (non-hydrogen) atoms. The molecule has 1 aromatic carbocycles. The van der Waals surface area contributed by atoms with Crippen molar-refractivity contribution in [2.45, 2.75) is 19.3 Å². The molecule has 172 valence electrons. The first-order valence-electron chi connectivity index (χ1n) is 10.6. The van der Waals surface area contributed by atoms with Gasteiger partial charge in [-0.3, -0.25) is 9.59 Å². The number of amides is 4. The van der Waals surface area contributed by atoms with Crippen molar-refractivity contribution in [2.24, 2.45) is 0 Å². The number of fused-ring (bicyclic) bond motifs is 1. The number of piperazine rings is 1. The topological polar surface area (TPSA) is 89.1 Å². The molecule has 0 aliphatic carbocycles. The zero-order valence-electron chi connectivity index (χ0n) is 18.1. The average Bonchev–Trinajstić information content (AvgIpc) is 2.80. The number of benzene rings is 1. The van der Waals surface area contributed by atoms with Crippen LogP contribution in [0.4, 0.5) is 9.18 Å². The Kier molecular flexibility index (Phi) is 6.64. The van der Waals surface area contributed by atoms with Crippen LogP contribution in [-0.4, -0.2) is 75.0 Å². The second-order valence-electron chi connectivity index (χ2n) is 7.85. The second-order valence-corrected chi connectivity index (χ2v) is 7.85. The van der Waals surface area contributed by atoms with Crippen LogP contribution in [0.5, 0.6) is 0 Å². The van der Waals surface area contributed by atoms with E-state index < -0.39 is 12.1 Å². The minimum absolute atomic E-state index is 0.0417. The zero-order chi connectivity index (χ0) is 23.4. The fourth-order valence-corrected chi connectivity index (χ4v) is 4.03. The standard InChI is InChI=1S/C23H25FN6O3/c1-2-11-28-15-22(32)29-16-21(31)27(13-18-9-6-10-19(24)26-18)14-20(29)30(28)23(33)25-12-17-7-4-3-5-8-17/h2-10,20H,1,11-16H2,(H,25,33)/t20-/m0/s1. The molecule has 2 aliphatic rings. The van der Waals surface area contributed by atoms with Crippen LogP contribution in [0.1, 0.15) is 11.3 Å². The Morgan fingerprint density at radius 3 is 2.64 bits per heavy atom. The van der Waals surface area contributed by atoms with E-state index >= 15 is 0 Å². The number of nitrogens with one attached hydrogen (secondary N) is 1. The van der Waals surface area contributed by atoms with Crippen molar-refractivity contribution < 1.29 is 18.8 Å². The molecule has 0 spiro atoms. The Morgan fingerprint density at radius 2 is 1.91 bits per heavy atom. The van der Waals surface area contributed by atoms with Crippen molar-refractivity contribution in [3.63, 3.8) is 0 Å². The molecule has 1 atom stereocenters. The predicted octanol–water partition coefficient (Wildman–Crippen LogP) is 1.35.